The maximum atomic E-state index is 13.6. The maximum absolute atomic E-state index is 13.6. The molecule has 4 rings (SSSR count). The highest BCUT2D eigenvalue weighted by atomic mass is 79.9. The van der Waals surface area contributed by atoms with E-state index >= 15 is 0 Å². The number of carbonyl (C=O) groups is 2. The minimum Gasteiger partial charge on any atom is -0.361 e. The molecule has 34 heavy (non-hydrogen) atoms. The van der Waals surface area contributed by atoms with Gasteiger partial charge in [0.25, 0.3) is 0 Å². The lowest BCUT2D eigenvalue weighted by Gasteiger charge is -2.36. The van der Waals surface area contributed by atoms with E-state index < -0.39 is 11.4 Å². The van der Waals surface area contributed by atoms with Crippen molar-refractivity contribution in [2.24, 2.45) is 0 Å². The molecular formula is C25H25BrF2N4O2. The molecule has 0 atom stereocenters. The van der Waals surface area contributed by atoms with Crippen LogP contribution in [0, 0.1) is 11.6 Å². The fourth-order valence-corrected chi connectivity index (χ4v) is 4.56. The van der Waals surface area contributed by atoms with Gasteiger partial charge in [-0.1, -0.05) is 6.07 Å². The third-order valence-corrected chi connectivity index (χ3v) is 6.64. The molecule has 0 spiro atoms. The van der Waals surface area contributed by atoms with Gasteiger partial charge >= 0.3 is 0 Å². The first-order chi connectivity index (χ1) is 16.4. The zero-order valence-corrected chi connectivity index (χ0v) is 20.0. The van der Waals surface area contributed by atoms with Gasteiger partial charge in [0.15, 0.2) is 0 Å². The average Bonchev–Trinajstić information content (AvgIpc) is 3.22. The Morgan fingerprint density at radius 1 is 1.12 bits per heavy atom. The molecule has 2 heterocycles. The predicted octanol–water partition coefficient (Wildman–Crippen LogP) is 3.82. The molecule has 1 aromatic heterocycles. The number of aromatic nitrogens is 1. The van der Waals surface area contributed by atoms with Crippen LogP contribution in [0.2, 0.25) is 0 Å². The van der Waals surface area contributed by atoms with E-state index in [1.54, 1.807) is 24.3 Å². The number of halogens is 3. The Labute approximate surface area is 204 Å². The second-order valence-electron chi connectivity index (χ2n) is 8.34. The number of fused-ring (bicyclic) bond motifs is 1. The number of nitrogens with one attached hydrogen (secondary N) is 4. The summed E-state index contributed by atoms with van der Waals surface area (Å²) in [5.41, 5.74) is 1.38. The van der Waals surface area contributed by atoms with Gasteiger partial charge in [-0.05, 0) is 95.8 Å². The molecule has 0 bridgehead atoms. The molecule has 0 aliphatic carbocycles. The van der Waals surface area contributed by atoms with E-state index in [1.165, 1.54) is 24.3 Å². The summed E-state index contributed by atoms with van der Waals surface area (Å²) in [4.78, 5) is 28.9. The summed E-state index contributed by atoms with van der Waals surface area (Å²) in [5.74, 6) is -1.34. The highest BCUT2D eigenvalue weighted by Crippen LogP contribution is 2.22. The van der Waals surface area contributed by atoms with Gasteiger partial charge in [0.2, 0.25) is 11.8 Å². The summed E-state index contributed by atoms with van der Waals surface area (Å²) >= 11 is 3.13. The van der Waals surface area contributed by atoms with Gasteiger partial charge in [-0.3, -0.25) is 9.59 Å². The van der Waals surface area contributed by atoms with E-state index in [-0.39, 0.29) is 17.5 Å². The van der Waals surface area contributed by atoms with Crippen LogP contribution >= 0.6 is 15.9 Å². The molecule has 1 aliphatic rings. The lowest BCUT2D eigenvalue weighted by Crippen LogP contribution is -2.62. The Balaban J connectivity index is 1.40. The molecule has 3 aromatic rings. The SMILES string of the molecule is O=C(C=Cc1ccc(F)c(Br)c1)NC1(C(=O)NCCc2c[nH]c3ccc(F)cc23)CCNCC1. The van der Waals surface area contributed by atoms with Crippen molar-refractivity contribution in [1.29, 1.82) is 0 Å². The van der Waals surface area contributed by atoms with Crippen LogP contribution in [0.4, 0.5) is 8.78 Å². The number of H-pyrrole nitrogens is 1. The summed E-state index contributed by atoms with van der Waals surface area (Å²) in [5, 5.41) is 9.83. The van der Waals surface area contributed by atoms with Crippen LogP contribution < -0.4 is 16.0 Å². The van der Waals surface area contributed by atoms with E-state index in [0.717, 1.165) is 16.5 Å². The second-order valence-corrected chi connectivity index (χ2v) is 9.19. The fourth-order valence-electron chi connectivity index (χ4n) is 4.17. The van der Waals surface area contributed by atoms with Gasteiger partial charge in [-0.25, -0.2) is 8.78 Å². The summed E-state index contributed by atoms with van der Waals surface area (Å²) < 4.78 is 27.3. The van der Waals surface area contributed by atoms with Gasteiger partial charge in [0.05, 0.1) is 4.47 Å². The Morgan fingerprint density at radius 3 is 2.68 bits per heavy atom. The van der Waals surface area contributed by atoms with Crippen molar-refractivity contribution in [3.05, 3.63) is 75.9 Å². The first-order valence-electron chi connectivity index (χ1n) is 11.1. The lowest BCUT2D eigenvalue weighted by atomic mass is 9.87. The minimum atomic E-state index is -1.03. The van der Waals surface area contributed by atoms with Crippen molar-refractivity contribution in [3.8, 4) is 0 Å². The summed E-state index contributed by atoms with van der Waals surface area (Å²) in [7, 11) is 0. The van der Waals surface area contributed by atoms with Crippen LogP contribution in [0.5, 0.6) is 0 Å². The Morgan fingerprint density at radius 2 is 1.91 bits per heavy atom. The van der Waals surface area contributed by atoms with Gasteiger partial charge < -0.3 is 20.9 Å². The van der Waals surface area contributed by atoms with E-state index in [0.29, 0.717) is 48.9 Å². The molecular weight excluding hydrogens is 506 g/mol. The van der Waals surface area contributed by atoms with Gasteiger partial charge in [0.1, 0.15) is 17.2 Å². The van der Waals surface area contributed by atoms with Crippen molar-refractivity contribution < 1.29 is 18.4 Å². The highest BCUT2D eigenvalue weighted by Gasteiger charge is 2.40. The number of rotatable bonds is 7. The van der Waals surface area contributed by atoms with Crippen LogP contribution in [0.1, 0.15) is 24.0 Å². The largest absolute Gasteiger partial charge is 0.361 e. The van der Waals surface area contributed by atoms with Gasteiger partial charge in [-0.15, -0.1) is 0 Å². The summed E-state index contributed by atoms with van der Waals surface area (Å²) in [6, 6.07) is 9.01. The predicted molar refractivity (Wildman–Crippen MR) is 131 cm³/mol. The van der Waals surface area contributed by atoms with E-state index in [4.69, 9.17) is 0 Å². The number of benzene rings is 2. The standard InChI is InChI=1S/C25H25BrF2N4O2/c26-20-13-16(1-4-21(20)28)2-6-23(33)32-25(8-11-29-12-9-25)24(34)30-10-7-17-15-31-22-5-3-18(27)14-19(17)22/h1-6,13-15,29,31H,7-12H2,(H,30,34)(H,32,33). The normalized spacial score (nSPS) is 15.5. The number of aromatic amines is 1. The first-order valence-corrected chi connectivity index (χ1v) is 11.9. The first kappa shape index (κ1) is 24.1. The van der Waals surface area contributed by atoms with Crippen molar-refractivity contribution in [3.63, 3.8) is 0 Å². The Kier molecular flexibility index (Phi) is 7.43. The molecule has 178 valence electrons. The average molecular weight is 531 g/mol. The summed E-state index contributed by atoms with van der Waals surface area (Å²) in [6.07, 6.45) is 6.17. The van der Waals surface area contributed by atoms with Crippen LogP contribution in [-0.4, -0.2) is 42.0 Å². The third kappa shape index (κ3) is 5.53. The van der Waals surface area contributed by atoms with Crippen LogP contribution in [0.25, 0.3) is 17.0 Å². The number of amides is 2. The quantitative estimate of drug-likeness (QED) is 0.350. The molecule has 0 radical (unpaired) electrons. The van der Waals surface area contributed by atoms with E-state index in [9.17, 15) is 18.4 Å². The maximum Gasteiger partial charge on any atom is 0.245 e. The van der Waals surface area contributed by atoms with Gasteiger partial charge in [-0.2, -0.15) is 0 Å². The Bertz CT molecular complexity index is 1230. The molecule has 1 saturated heterocycles. The van der Waals surface area contributed by atoms with Crippen LogP contribution in [0.3, 0.4) is 0 Å². The molecule has 0 unspecified atom stereocenters. The second kappa shape index (κ2) is 10.5. The van der Waals surface area contributed by atoms with E-state index in [1.807, 2.05) is 6.20 Å². The monoisotopic (exact) mass is 530 g/mol. The molecule has 9 heteroatoms. The van der Waals surface area contributed by atoms with Crippen LogP contribution in [0.15, 0.2) is 53.1 Å². The zero-order chi connectivity index (χ0) is 24.1. The van der Waals surface area contributed by atoms with Crippen molar-refractivity contribution in [2.75, 3.05) is 19.6 Å². The molecule has 6 nitrogen and oxygen atoms in total. The molecule has 2 amide bonds. The zero-order valence-electron chi connectivity index (χ0n) is 18.4. The summed E-state index contributed by atoms with van der Waals surface area (Å²) in [6.45, 7) is 1.56. The van der Waals surface area contributed by atoms with Crippen LogP contribution in [-0.2, 0) is 16.0 Å². The number of hydrogen-bond acceptors (Lipinski definition) is 3. The molecule has 4 N–H and O–H groups in total. The number of piperidine rings is 1. The molecule has 2 aromatic carbocycles. The topological polar surface area (TPSA) is 86.0 Å². The van der Waals surface area contributed by atoms with Crippen molar-refractivity contribution >= 4 is 44.7 Å². The van der Waals surface area contributed by atoms with E-state index in [2.05, 4.69) is 36.9 Å². The lowest BCUT2D eigenvalue weighted by molar-refractivity contribution is -0.133. The molecule has 0 saturated carbocycles. The molecule has 1 fully saturated rings. The smallest absolute Gasteiger partial charge is 0.245 e. The highest BCUT2D eigenvalue weighted by molar-refractivity contribution is 9.10. The third-order valence-electron chi connectivity index (χ3n) is 6.03. The fraction of sp³-hybridized carbons (Fsp3) is 0.280. The number of carbonyl (C=O) groups excluding carboxylic acids is 2. The number of hydrogen-bond donors (Lipinski definition) is 4. The molecule has 1 aliphatic heterocycles. The minimum absolute atomic E-state index is 0.244. The van der Waals surface area contributed by atoms with Gasteiger partial charge in [0, 0.05) is 29.7 Å². The Hall–Kier alpha value is -3.04. The van der Waals surface area contributed by atoms with Crippen molar-refractivity contribution in [1.82, 2.24) is 20.9 Å². The van der Waals surface area contributed by atoms with Crippen molar-refractivity contribution in [2.45, 2.75) is 24.8 Å².